The summed E-state index contributed by atoms with van der Waals surface area (Å²) in [7, 11) is 0. The SMILES string of the molecule is Cc1c(C(=O)Nc2cc(Cl)ccc2C#N)sc2nc(-c3ccc(F)cc3)cn12. The summed E-state index contributed by atoms with van der Waals surface area (Å²) in [5.41, 5.74) is 2.90. The number of rotatable bonds is 3. The summed E-state index contributed by atoms with van der Waals surface area (Å²) in [4.78, 5) is 18.4. The van der Waals surface area contributed by atoms with Crippen molar-refractivity contribution >= 4 is 39.5 Å². The molecule has 1 amide bonds. The Bertz CT molecular complexity index is 1250. The van der Waals surface area contributed by atoms with E-state index in [4.69, 9.17) is 11.6 Å². The Morgan fingerprint density at radius 1 is 1.29 bits per heavy atom. The topological polar surface area (TPSA) is 70.2 Å². The van der Waals surface area contributed by atoms with Gasteiger partial charge in [0, 0.05) is 22.5 Å². The Kier molecular flexibility index (Phi) is 4.59. The molecule has 2 aromatic heterocycles. The van der Waals surface area contributed by atoms with Crippen LogP contribution in [-0.4, -0.2) is 15.3 Å². The lowest BCUT2D eigenvalue weighted by Crippen LogP contribution is -2.13. The maximum Gasteiger partial charge on any atom is 0.267 e. The first-order valence-electron chi connectivity index (χ1n) is 8.21. The van der Waals surface area contributed by atoms with E-state index < -0.39 is 0 Å². The first-order chi connectivity index (χ1) is 13.5. The molecule has 1 N–H and O–H groups in total. The molecule has 0 fully saturated rings. The number of hydrogen-bond donors (Lipinski definition) is 1. The van der Waals surface area contributed by atoms with E-state index in [1.165, 1.54) is 23.5 Å². The number of aryl methyl sites for hydroxylation is 1. The first-order valence-corrected chi connectivity index (χ1v) is 9.41. The summed E-state index contributed by atoms with van der Waals surface area (Å²) in [6, 6.07) is 12.8. The number of nitrogens with zero attached hydrogens (tertiary/aromatic N) is 3. The second-order valence-corrected chi connectivity index (χ2v) is 7.47. The summed E-state index contributed by atoms with van der Waals surface area (Å²) < 4.78 is 14.9. The van der Waals surface area contributed by atoms with Crippen LogP contribution in [0.2, 0.25) is 5.02 Å². The van der Waals surface area contributed by atoms with Crippen LogP contribution in [0.4, 0.5) is 10.1 Å². The van der Waals surface area contributed by atoms with Crippen molar-refractivity contribution in [1.82, 2.24) is 9.38 Å². The molecule has 4 rings (SSSR count). The van der Waals surface area contributed by atoms with E-state index in [2.05, 4.69) is 10.3 Å². The summed E-state index contributed by atoms with van der Waals surface area (Å²) in [6.07, 6.45) is 1.81. The smallest absolute Gasteiger partial charge is 0.267 e. The van der Waals surface area contributed by atoms with Crippen molar-refractivity contribution in [3.05, 3.63) is 75.6 Å². The fraction of sp³-hybridized carbons (Fsp3) is 0.0500. The zero-order valence-electron chi connectivity index (χ0n) is 14.5. The molecule has 0 bridgehead atoms. The van der Waals surface area contributed by atoms with Crippen molar-refractivity contribution in [3.63, 3.8) is 0 Å². The maximum atomic E-state index is 13.1. The number of aromatic nitrogens is 2. The van der Waals surface area contributed by atoms with Crippen LogP contribution in [0.5, 0.6) is 0 Å². The predicted octanol–water partition coefficient (Wildman–Crippen LogP) is 5.29. The van der Waals surface area contributed by atoms with Crippen LogP contribution in [0.1, 0.15) is 20.9 Å². The summed E-state index contributed by atoms with van der Waals surface area (Å²) in [6.45, 7) is 1.82. The predicted molar refractivity (Wildman–Crippen MR) is 107 cm³/mol. The van der Waals surface area contributed by atoms with E-state index in [1.54, 1.807) is 30.3 Å². The molecule has 8 heteroatoms. The van der Waals surface area contributed by atoms with Gasteiger partial charge >= 0.3 is 0 Å². The number of amides is 1. The van der Waals surface area contributed by atoms with Gasteiger partial charge in [0.25, 0.3) is 5.91 Å². The zero-order chi connectivity index (χ0) is 19.8. The molecule has 2 aromatic carbocycles. The monoisotopic (exact) mass is 410 g/mol. The van der Waals surface area contributed by atoms with E-state index in [9.17, 15) is 14.4 Å². The highest BCUT2D eigenvalue weighted by Crippen LogP contribution is 2.29. The largest absolute Gasteiger partial charge is 0.320 e. The highest BCUT2D eigenvalue weighted by molar-refractivity contribution is 7.19. The number of anilines is 1. The Morgan fingerprint density at radius 3 is 2.71 bits per heavy atom. The molecule has 2 heterocycles. The molecular formula is C20H12ClFN4OS. The number of nitriles is 1. The number of carbonyl (C=O) groups is 1. The third-order valence-electron chi connectivity index (χ3n) is 4.25. The van der Waals surface area contributed by atoms with Gasteiger partial charge in [-0.1, -0.05) is 22.9 Å². The van der Waals surface area contributed by atoms with Crippen molar-refractivity contribution in [1.29, 1.82) is 5.26 Å². The average Bonchev–Trinajstić information content (AvgIpc) is 3.22. The van der Waals surface area contributed by atoms with Crippen molar-refractivity contribution in [2.45, 2.75) is 6.92 Å². The van der Waals surface area contributed by atoms with Gasteiger partial charge in [-0.15, -0.1) is 0 Å². The first kappa shape index (κ1) is 18.2. The van der Waals surface area contributed by atoms with Gasteiger partial charge < -0.3 is 5.32 Å². The van der Waals surface area contributed by atoms with Gasteiger partial charge in [0.1, 0.15) is 16.8 Å². The molecule has 5 nitrogen and oxygen atoms in total. The molecular weight excluding hydrogens is 399 g/mol. The van der Waals surface area contributed by atoms with Gasteiger partial charge in [0.05, 0.1) is 16.9 Å². The van der Waals surface area contributed by atoms with Gasteiger partial charge in [-0.25, -0.2) is 9.37 Å². The van der Waals surface area contributed by atoms with Crippen LogP contribution in [0.3, 0.4) is 0 Å². The maximum absolute atomic E-state index is 13.1. The van der Waals surface area contributed by atoms with Crippen molar-refractivity contribution in [2.24, 2.45) is 0 Å². The molecule has 0 radical (unpaired) electrons. The number of nitrogens with one attached hydrogen (secondary N) is 1. The quantitative estimate of drug-likeness (QED) is 0.499. The van der Waals surface area contributed by atoms with Crippen LogP contribution < -0.4 is 5.32 Å². The third-order valence-corrected chi connectivity index (χ3v) is 5.64. The van der Waals surface area contributed by atoms with Gasteiger partial charge in [-0.3, -0.25) is 9.20 Å². The minimum Gasteiger partial charge on any atom is -0.320 e. The third kappa shape index (κ3) is 3.24. The second-order valence-electron chi connectivity index (χ2n) is 6.06. The lowest BCUT2D eigenvalue weighted by Gasteiger charge is -2.07. The molecule has 0 atom stereocenters. The molecule has 0 saturated carbocycles. The number of fused-ring (bicyclic) bond motifs is 1. The lowest BCUT2D eigenvalue weighted by molar-refractivity contribution is 0.102. The molecule has 4 aromatic rings. The molecule has 0 aliphatic carbocycles. The Hall–Kier alpha value is -3.21. The number of carbonyl (C=O) groups excluding carboxylic acids is 1. The summed E-state index contributed by atoms with van der Waals surface area (Å²) >= 11 is 7.21. The van der Waals surface area contributed by atoms with E-state index in [0.29, 0.717) is 31.8 Å². The van der Waals surface area contributed by atoms with Crippen LogP contribution in [0, 0.1) is 24.1 Å². The molecule has 28 heavy (non-hydrogen) atoms. The minimum absolute atomic E-state index is 0.308. The fourth-order valence-electron chi connectivity index (χ4n) is 2.82. The molecule has 138 valence electrons. The average molecular weight is 411 g/mol. The van der Waals surface area contributed by atoms with Crippen LogP contribution in [0.15, 0.2) is 48.7 Å². The Morgan fingerprint density at radius 2 is 2.04 bits per heavy atom. The van der Waals surface area contributed by atoms with E-state index in [1.807, 2.05) is 23.6 Å². The zero-order valence-corrected chi connectivity index (χ0v) is 16.1. The summed E-state index contributed by atoms with van der Waals surface area (Å²) in [5, 5.41) is 12.4. The number of hydrogen-bond acceptors (Lipinski definition) is 4. The standard InChI is InChI=1S/C20H12ClFN4OS/c1-11-18(19(27)24-16-8-14(21)5-2-13(16)9-23)28-20-25-17(10-26(11)20)12-3-6-15(22)7-4-12/h2-8,10H,1H3,(H,24,27). The molecule has 0 spiro atoms. The van der Waals surface area contributed by atoms with Gasteiger partial charge in [0.2, 0.25) is 0 Å². The molecule has 0 saturated heterocycles. The van der Waals surface area contributed by atoms with E-state index in [0.717, 1.165) is 11.3 Å². The highest BCUT2D eigenvalue weighted by Gasteiger charge is 2.19. The number of halogens is 2. The number of benzene rings is 2. The molecule has 0 unspecified atom stereocenters. The number of thiazole rings is 1. The van der Waals surface area contributed by atoms with Gasteiger partial charge in [-0.05, 0) is 49.4 Å². The van der Waals surface area contributed by atoms with Crippen molar-refractivity contribution in [3.8, 4) is 17.3 Å². The van der Waals surface area contributed by atoms with E-state index >= 15 is 0 Å². The molecule has 0 aliphatic rings. The second kappa shape index (κ2) is 7.08. The summed E-state index contributed by atoms with van der Waals surface area (Å²) in [5.74, 6) is -0.646. The van der Waals surface area contributed by atoms with Crippen molar-refractivity contribution in [2.75, 3.05) is 5.32 Å². The van der Waals surface area contributed by atoms with Gasteiger partial charge in [0.15, 0.2) is 4.96 Å². The Balaban J connectivity index is 1.66. The lowest BCUT2D eigenvalue weighted by atomic mass is 10.2. The molecule has 0 aliphatic heterocycles. The Labute approximate surface area is 168 Å². The van der Waals surface area contributed by atoms with Gasteiger partial charge in [-0.2, -0.15) is 5.26 Å². The van der Waals surface area contributed by atoms with Crippen LogP contribution in [-0.2, 0) is 0 Å². The van der Waals surface area contributed by atoms with E-state index in [-0.39, 0.29) is 11.7 Å². The normalized spacial score (nSPS) is 10.8. The van der Waals surface area contributed by atoms with Crippen LogP contribution in [0.25, 0.3) is 16.2 Å². The highest BCUT2D eigenvalue weighted by atomic mass is 35.5. The van der Waals surface area contributed by atoms with Crippen LogP contribution >= 0.6 is 22.9 Å². The fourth-order valence-corrected chi connectivity index (χ4v) is 3.99. The minimum atomic E-state index is -0.338. The number of imidazole rings is 1. The van der Waals surface area contributed by atoms with Crippen molar-refractivity contribution < 1.29 is 9.18 Å².